The standard InChI is InChI=1S/C18H22O4/c1-20-15-11-10-13(16(19)12-15)6-4-7-14-8-5-9-17(21-2)18(14)22-3/h5,8-12,19H,4,6-7H2,1-3H3. The molecule has 0 radical (unpaired) electrons. The van der Waals surface area contributed by atoms with E-state index in [2.05, 4.69) is 0 Å². The van der Waals surface area contributed by atoms with Crippen LogP contribution in [0.4, 0.5) is 0 Å². The molecule has 0 saturated carbocycles. The van der Waals surface area contributed by atoms with Crippen molar-refractivity contribution in [1.29, 1.82) is 0 Å². The summed E-state index contributed by atoms with van der Waals surface area (Å²) in [4.78, 5) is 0. The summed E-state index contributed by atoms with van der Waals surface area (Å²) in [6, 6.07) is 11.3. The summed E-state index contributed by atoms with van der Waals surface area (Å²) in [6.45, 7) is 0. The Morgan fingerprint density at radius 1 is 0.864 bits per heavy atom. The van der Waals surface area contributed by atoms with Gasteiger partial charge in [0.15, 0.2) is 11.5 Å². The van der Waals surface area contributed by atoms with Gasteiger partial charge in [0.1, 0.15) is 11.5 Å². The van der Waals surface area contributed by atoms with Crippen molar-refractivity contribution in [2.75, 3.05) is 21.3 Å². The van der Waals surface area contributed by atoms with Gasteiger partial charge in [0.2, 0.25) is 0 Å². The minimum atomic E-state index is 0.275. The molecule has 0 aliphatic carbocycles. The number of rotatable bonds is 7. The summed E-state index contributed by atoms with van der Waals surface area (Å²) in [7, 11) is 4.87. The van der Waals surface area contributed by atoms with Crippen molar-refractivity contribution in [2.45, 2.75) is 19.3 Å². The molecule has 0 unspecified atom stereocenters. The third-order valence-corrected chi connectivity index (χ3v) is 3.67. The van der Waals surface area contributed by atoms with Crippen molar-refractivity contribution < 1.29 is 19.3 Å². The lowest BCUT2D eigenvalue weighted by molar-refractivity contribution is 0.351. The smallest absolute Gasteiger partial charge is 0.163 e. The Morgan fingerprint density at radius 2 is 1.64 bits per heavy atom. The zero-order valence-corrected chi connectivity index (χ0v) is 13.3. The van der Waals surface area contributed by atoms with Gasteiger partial charge in [-0.15, -0.1) is 0 Å². The van der Waals surface area contributed by atoms with E-state index < -0.39 is 0 Å². The first-order valence-electron chi connectivity index (χ1n) is 7.25. The highest BCUT2D eigenvalue weighted by molar-refractivity contribution is 5.46. The maximum atomic E-state index is 9.98. The van der Waals surface area contributed by atoms with E-state index in [-0.39, 0.29) is 5.75 Å². The van der Waals surface area contributed by atoms with Gasteiger partial charge in [-0.05, 0) is 42.5 Å². The summed E-state index contributed by atoms with van der Waals surface area (Å²) >= 11 is 0. The number of phenolic OH excluding ortho intramolecular Hbond substituents is 1. The van der Waals surface area contributed by atoms with Crippen LogP contribution in [0.15, 0.2) is 36.4 Å². The largest absolute Gasteiger partial charge is 0.508 e. The van der Waals surface area contributed by atoms with Crippen LogP contribution in [0.25, 0.3) is 0 Å². The summed E-state index contributed by atoms with van der Waals surface area (Å²) in [5.74, 6) is 2.46. The predicted molar refractivity (Wildman–Crippen MR) is 86.2 cm³/mol. The summed E-state index contributed by atoms with van der Waals surface area (Å²) in [6.07, 6.45) is 2.55. The Hall–Kier alpha value is -2.36. The molecule has 2 rings (SSSR count). The van der Waals surface area contributed by atoms with E-state index in [0.717, 1.165) is 41.9 Å². The molecule has 118 valence electrons. The summed E-state index contributed by atoms with van der Waals surface area (Å²) in [5.41, 5.74) is 2.03. The molecule has 0 fully saturated rings. The van der Waals surface area contributed by atoms with Crippen LogP contribution in [-0.2, 0) is 12.8 Å². The van der Waals surface area contributed by atoms with Crippen LogP contribution in [0, 0.1) is 0 Å². The third-order valence-electron chi connectivity index (χ3n) is 3.67. The van der Waals surface area contributed by atoms with Gasteiger partial charge in [0.05, 0.1) is 21.3 Å². The van der Waals surface area contributed by atoms with E-state index in [4.69, 9.17) is 14.2 Å². The highest BCUT2D eigenvalue weighted by Crippen LogP contribution is 2.32. The van der Waals surface area contributed by atoms with Crippen LogP contribution in [0.5, 0.6) is 23.0 Å². The van der Waals surface area contributed by atoms with E-state index in [1.54, 1.807) is 27.4 Å². The first-order chi connectivity index (χ1) is 10.7. The van der Waals surface area contributed by atoms with Crippen LogP contribution < -0.4 is 14.2 Å². The molecule has 2 aromatic rings. The maximum Gasteiger partial charge on any atom is 0.163 e. The quantitative estimate of drug-likeness (QED) is 0.849. The molecule has 0 bridgehead atoms. The average Bonchev–Trinajstić information content (AvgIpc) is 2.55. The molecule has 0 heterocycles. The molecule has 0 spiro atoms. The van der Waals surface area contributed by atoms with Gasteiger partial charge >= 0.3 is 0 Å². The van der Waals surface area contributed by atoms with Gasteiger partial charge in [0, 0.05) is 6.07 Å². The average molecular weight is 302 g/mol. The lowest BCUT2D eigenvalue weighted by Crippen LogP contribution is -1.97. The van der Waals surface area contributed by atoms with Gasteiger partial charge in [-0.1, -0.05) is 18.2 Å². The van der Waals surface area contributed by atoms with Crippen molar-refractivity contribution in [3.8, 4) is 23.0 Å². The Kier molecular flexibility index (Phi) is 5.53. The highest BCUT2D eigenvalue weighted by atomic mass is 16.5. The fourth-order valence-corrected chi connectivity index (χ4v) is 2.50. The van der Waals surface area contributed by atoms with Crippen molar-refractivity contribution in [1.82, 2.24) is 0 Å². The fourth-order valence-electron chi connectivity index (χ4n) is 2.50. The molecule has 4 heteroatoms. The first kappa shape index (κ1) is 16.0. The number of para-hydroxylation sites is 1. The molecule has 0 aromatic heterocycles. The SMILES string of the molecule is COc1ccc(CCCc2cccc(OC)c2OC)c(O)c1. The van der Waals surface area contributed by atoms with Gasteiger partial charge < -0.3 is 19.3 Å². The zero-order chi connectivity index (χ0) is 15.9. The van der Waals surface area contributed by atoms with Crippen LogP contribution in [0.3, 0.4) is 0 Å². The van der Waals surface area contributed by atoms with Crippen LogP contribution >= 0.6 is 0 Å². The molecule has 2 aromatic carbocycles. The number of aromatic hydroxyl groups is 1. The Balaban J connectivity index is 2.02. The Morgan fingerprint density at radius 3 is 2.27 bits per heavy atom. The molecule has 22 heavy (non-hydrogen) atoms. The molecule has 4 nitrogen and oxygen atoms in total. The number of ether oxygens (including phenoxy) is 3. The van der Waals surface area contributed by atoms with E-state index in [1.807, 2.05) is 30.3 Å². The van der Waals surface area contributed by atoms with E-state index in [1.165, 1.54) is 0 Å². The normalized spacial score (nSPS) is 10.3. The zero-order valence-electron chi connectivity index (χ0n) is 13.3. The Labute approximate surface area is 131 Å². The minimum Gasteiger partial charge on any atom is -0.508 e. The van der Waals surface area contributed by atoms with Crippen molar-refractivity contribution in [3.05, 3.63) is 47.5 Å². The van der Waals surface area contributed by atoms with Crippen molar-refractivity contribution in [2.24, 2.45) is 0 Å². The molecular formula is C18H22O4. The second-order valence-corrected chi connectivity index (χ2v) is 5.00. The predicted octanol–water partition coefficient (Wildman–Crippen LogP) is 3.59. The lowest BCUT2D eigenvalue weighted by Gasteiger charge is -2.12. The molecule has 0 amide bonds. The highest BCUT2D eigenvalue weighted by Gasteiger charge is 2.10. The van der Waals surface area contributed by atoms with E-state index >= 15 is 0 Å². The van der Waals surface area contributed by atoms with Gasteiger partial charge in [0.25, 0.3) is 0 Å². The van der Waals surface area contributed by atoms with Gasteiger partial charge in [-0.3, -0.25) is 0 Å². The summed E-state index contributed by atoms with van der Waals surface area (Å²) in [5, 5.41) is 9.98. The fraction of sp³-hybridized carbons (Fsp3) is 0.333. The molecule has 1 N–H and O–H groups in total. The number of benzene rings is 2. The molecule has 0 atom stereocenters. The number of hydrogen-bond acceptors (Lipinski definition) is 4. The van der Waals surface area contributed by atoms with E-state index in [0.29, 0.717) is 5.75 Å². The minimum absolute atomic E-state index is 0.275. The van der Waals surface area contributed by atoms with Crippen LogP contribution in [0.2, 0.25) is 0 Å². The second-order valence-electron chi connectivity index (χ2n) is 5.00. The van der Waals surface area contributed by atoms with E-state index in [9.17, 15) is 5.11 Å². The van der Waals surface area contributed by atoms with Crippen LogP contribution in [-0.4, -0.2) is 26.4 Å². The second kappa shape index (κ2) is 7.59. The van der Waals surface area contributed by atoms with Crippen LogP contribution in [0.1, 0.15) is 17.5 Å². The molecular weight excluding hydrogens is 280 g/mol. The molecule has 0 aliphatic heterocycles. The lowest BCUT2D eigenvalue weighted by atomic mass is 10.0. The number of phenols is 1. The monoisotopic (exact) mass is 302 g/mol. The number of hydrogen-bond donors (Lipinski definition) is 1. The number of aryl methyl sites for hydroxylation is 2. The molecule has 0 saturated heterocycles. The van der Waals surface area contributed by atoms with Gasteiger partial charge in [-0.2, -0.15) is 0 Å². The number of methoxy groups -OCH3 is 3. The molecule has 0 aliphatic rings. The Bertz CT molecular complexity index is 622. The third kappa shape index (κ3) is 3.64. The maximum absolute atomic E-state index is 9.98. The van der Waals surface area contributed by atoms with Crippen molar-refractivity contribution in [3.63, 3.8) is 0 Å². The first-order valence-corrected chi connectivity index (χ1v) is 7.25. The topological polar surface area (TPSA) is 47.9 Å². The van der Waals surface area contributed by atoms with Gasteiger partial charge in [-0.25, -0.2) is 0 Å². The summed E-state index contributed by atoms with van der Waals surface area (Å²) < 4.78 is 15.8. The van der Waals surface area contributed by atoms with Crippen molar-refractivity contribution >= 4 is 0 Å².